The number of piperidine rings is 1. The van der Waals surface area contributed by atoms with Crippen molar-refractivity contribution in [2.45, 2.75) is 12.8 Å². The SMILES string of the molecule is Cl.O=C(Nc1cccc(NC(=O)C2CCCNC2)c1)c1cccs1. The minimum Gasteiger partial charge on any atom is -0.326 e. The molecule has 1 aliphatic rings. The van der Waals surface area contributed by atoms with Gasteiger partial charge in [0.2, 0.25) is 5.91 Å². The maximum atomic E-state index is 12.3. The zero-order chi connectivity index (χ0) is 16.1. The molecule has 24 heavy (non-hydrogen) atoms. The highest BCUT2D eigenvalue weighted by molar-refractivity contribution is 7.12. The van der Waals surface area contributed by atoms with E-state index in [0.29, 0.717) is 16.3 Å². The fraction of sp³-hybridized carbons (Fsp3) is 0.294. The number of rotatable bonds is 4. The second kappa shape index (κ2) is 8.82. The Hall–Kier alpha value is -1.89. The van der Waals surface area contributed by atoms with Gasteiger partial charge in [0.25, 0.3) is 5.91 Å². The molecule has 2 aromatic rings. The summed E-state index contributed by atoms with van der Waals surface area (Å²) in [5.41, 5.74) is 1.37. The van der Waals surface area contributed by atoms with Crippen LogP contribution in [-0.4, -0.2) is 24.9 Å². The Morgan fingerprint density at radius 1 is 1.12 bits per heavy atom. The van der Waals surface area contributed by atoms with Crippen molar-refractivity contribution in [2.75, 3.05) is 23.7 Å². The lowest BCUT2D eigenvalue weighted by Gasteiger charge is -2.22. The Bertz CT molecular complexity index is 685. The van der Waals surface area contributed by atoms with E-state index in [-0.39, 0.29) is 30.1 Å². The lowest BCUT2D eigenvalue weighted by Crippen LogP contribution is -2.37. The van der Waals surface area contributed by atoms with Gasteiger partial charge in [-0.3, -0.25) is 9.59 Å². The average Bonchev–Trinajstić information content (AvgIpc) is 3.10. The van der Waals surface area contributed by atoms with Gasteiger partial charge >= 0.3 is 0 Å². The summed E-state index contributed by atoms with van der Waals surface area (Å²) in [5.74, 6) is -0.105. The van der Waals surface area contributed by atoms with Gasteiger partial charge in [-0.25, -0.2) is 0 Å². The number of anilines is 2. The summed E-state index contributed by atoms with van der Waals surface area (Å²) in [6.07, 6.45) is 1.93. The lowest BCUT2D eigenvalue weighted by molar-refractivity contribution is -0.120. The van der Waals surface area contributed by atoms with Crippen molar-refractivity contribution in [3.63, 3.8) is 0 Å². The molecule has 1 aromatic carbocycles. The molecular weight excluding hydrogens is 346 g/mol. The first-order valence-electron chi connectivity index (χ1n) is 7.69. The largest absolute Gasteiger partial charge is 0.326 e. The Morgan fingerprint density at radius 2 is 1.92 bits per heavy atom. The van der Waals surface area contributed by atoms with Crippen LogP contribution in [0, 0.1) is 5.92 Å². The van der Waals surface area contributed by atoms with Crippen LogP contribution in [0.3, 0.4) is 0 Å². The summed E-state index contributed by atoms with van der Waals surface area (Å²) in [6, 6.07) is 10.9. The second-order valence-electron chi connectivity index (χ2n) is 5.54. The monoisotopic (exact) mass is 365 g/mol. The minimum atomic E-state index is -0.139. The predicted molar refractivity (Wildman–Crippen MR) is 100 cm³/mol. The number of carbonyl (C=O) groups is 2. The molecule has 0 aliphatic carbocycles. The number of hydrogen-bond donors (Lipinski definition) is 3. The van der Waals surface area contributed by atoms with Gasteiger partial charge in [0, 0.05) is 17.9 Å². The molecular formula is C17H20ClN3O2S. The van der Waals surface area contributed by atoms with Crippen LogP contribution < -0.4 is 16.0 Å². The van der Waals surface area contributed by atoms with E-state index in [1.54, 1.807) is 12.1 Å². The molecule has 1 fully saturated rings. The van der Waals surface area contributed by atoms with Gasteiger partial charge in [0.15, 0.2) is 0 Å². The van der Waals surface area contributed by atoms with Crippen LogP contribution in [0.4, 0.5) is 11.4 Å². The summed E-state index contributed by atoms with van der Waals surface area (Å²) in [4.78, 5) is 25.0. The van der Waals surface area contributed by atoms with Crippen molar-refractivity contribution in [1.82, 2.24) is 5.32 Å². The maximum Gasteiger partial charge on any atom is 0.265 e. The zero-order valence-electron chi connectivity index (χ0n) is 13.1. The van der Waals surface area contributed by atoms with E-state index in [1.807, 2.05) is 29.6 Å². The van der Waals surface area contributed by atoms with Gasteiger partial charge in [0.1, 0.15) is 0 Å². The fourth-order valence-corrected chi connectivity index (χ4v) is 3.21. The van der Waals surface area contributed by atoms with E-state index in [0.717, 1.165) is 25.9 Å². The number of thiophene rings is 1. The van der Waals surface area contributed by atoms with Gasteiger partial charge in [0.05, 0.1) is 10.8 Å². The molecule has 2 amide bonds. The van der Waals surface area contributed by atoms with Crippen molar-refractivity contribution < 1.29 is 9.59 Å². The molecule has 3 N–H and O–H groups in total. The van der Waals surface area contributed by atoms with E-state index in [4.69, 9.17) is 0 Å². The van der Waals surface area contributed by atoms with Crippen molar-refractivity contribution in [1.29, 1.82) is 0 Å². The van der Waals surface area contributed by atoms with E-state index >= 15 is 0 Å². The molecule has 128 valence electrons. The van der Waals surface area contributed by atoms with Crippen LogP contribution in [0.15, 0.2) is 41.8 Å². The molecule has 1 aliphatic heterocycles. The first-order valence-corrected chi connectivity index (χ1v) is 8.57. The summed E-state index contributed by atoms with van der Waals surface area (Å²) in [7, 11) is 0. The third-order valence-corrected chi connectivity index (χ3v) is 4.67. The minimum absolute atomic E-state index is 0. The zero-order valence-corrected chi connectivity index (χ0v) is 14.7. The number of carbonyl (C=O) groups excluding carboxylic acids is 2. The van der Waals surface area contributed by atoms with Crippen LogP contribution in [0.2, 0.25) is 0 Å². The number of amides is 2. The highest BCUT2D eigenvalue weighted by Crippen LogP contribution is 2.19. The number of nitrogens with one attached hydrogen (secondary N) is 3. The molecule has 3 rings (SSSR count). The van der Waals surface area contributed by atoms with Gasteiger partial charge in [-0.2, -0.15) is 0 Å². The molecule has 1 saturated heterocycles. The summed E-state index contributed by atoms with van der Waals surface area (Å²) < 4.78 is 0. The topological polar surface area (TPSA) is 70.2 Å². The molecule has 1 atom stereocenters. The summed E-state index contributed by atoms with van der Waals surface area (Å²) in [5, 5.41) is 10.9. The number of halogens is 1. The molecule has 0 radical (unpaired) electrons. The van der Waals surface area contributed by atoms with Crippen LogP contribution in [0.25, 0.3) is 0 Å². The average molecular weight is 366 g/mol. The Balaban J connectivity index is 0.00000208. The van der Waals surface area contributed by atoms with E-state index < -0.39 is 0 Å². The lowest BCUT2D eigenvalue weighted by atomic mass is 9.99. The smallest absolute Gasteiger partial charge is 0.265 e. The van der Waals surface area contributed by atoms with Crippen LogP contribution in [0.1, 0.15) is 22.5 Å². The van der Waals surface area contributed by atoms with Crippen molar-refractivity contribution in [3.05, 3.63) is 46.7 Å². The highest BCUT2D eigenvalue weighted by atomic mass is 35.5. The van der Waals surface area contributed by atoms with Gasteiger partial charge < -0.3 is 16.0 Å². The number of benzene rings is 1. The third kappa shape index (κ3) is 4.80. The van der Waals surface area contributed by atoms with Crippen LogP contribution in [-0.2, 0) is 4.79 Å². The summed E-state index contributed by atoms with van der Waals surface area (Å²) >= 11 is 1.40. The van der Waals surface area contributed by atoms with E-state index in [2.05, 4.69) is 16.0 Å². The van der Waals surface area contributed by atoms with Crippen molar-refractivity contribution in [3.8, 4) is 0 Å². The van der Waals surface area contributed by atoms with E-state index in [9.17, 15) is 9.59 Å². The normalized spacial score (nSPS) is 16.8. The fourth-order valence-electron chi connectivity index (χ4n) is 2.60. The van der Waals surface area contributed by atoms with Gasteiger partial charge in [-0.05, 0) is 49.0 Å². The summed E-state index contributed by atoms with van der Waals surface area (Å²) in [6.45, 7) is 1.70. The Morgan fingerprint density at radius 3 is 2.58 bits per heavy atom. The first-order chi connectivity index (χ1) is 11.2. The van der Waals surface area contributed by atoms with E-state index in [1.165, 1.54) is 11.3 Å². The highest BCUT2D eigenvalue weighted by Gasteiger charge is 2.20. The maximum absolute atomic E-state index is 12.3. The van der Waals surface area contributed by atoms with Crippen molar-refractivity contribution >= 4 is 46.9 Å². The molecule has 1 aromatic heterocycles. The van der Waals surface area contributed by atoms with Gasteiger partial charge in [-0.15, -0.1) is 23.7 Å². The molecule has 0 saturated carbocycles. The van der Waals surface area contributed by atoms with Crippen LogP contribution >= 0.6 is 23.7 Å². The van der Waals surface area contributed by atoms with Gasteiger partial charge in [-0.1, -0.05) is 12.1 Å². The molecule has 0 bridgehead atoms. The molecule has 2 heterocycles. The quantitative estimate of drug-likeness (QED) is 0.778. The Labute approximate surface area is 151 Å². The number of hydrogen-bond acceptors (Lipinski definition) is 4. The standard InChI is InChI=1S/C17H19N3O2S.ClH/c21-16(12-4-2-8-18-11-12)19-13-5-1-6-14(10-13)20-17(22)15-7-3-9-23-15;/h1,3,5-7,9-10,12,18H,2,4,8,11H2,(H,19,21)(H,20,22);1H. The molecule has 1 unspecified atom stereocenters. The predicted octanol–water partition coefficient (Wildman–Crippen LogP) is 3.36. The third-order valence-electron chi connectivity index (χ3n) is 3.80. The van der Waals surface area contributed by atoms with Crippen LogP contribution in [0.5, 0.6) is 0 Å². The Kier molecular flexibility index (Phi) is 6.78. The molecule has 0 spiro atoms. The first kappa shape index (κ1) is 18.4. The molecule has 7 heteroatoms. The van der Waals surface area contributed by atoms with Crippen molar-refractivity contribution in [2.24, 2.45) is 5.92 Å². The second-order valence-corrected chi connectivity index (χ2v) is 6.49. The molecule has 5 nitrogen and oxygen atoms in total.